The maximum Gasteiger partial charge on any atom is 0.341 e. The van der Waals surface area contributed by atoms with Gasteiger partial charge in [-0.1, -0.05) is 15.9 Å². The Morgan fingerprint density at radius 1 is 1.39 bits per heavy atom. The zero-order valence-corrected chi connectivity index (χ0v) is 16.2. The lowest BCUT2D eigenvalue weighted by molar-refractivity contribution is -0.135. The summed E-state index contributed by atoms with van der Waals surface area (Å²) in [5, 5.41) is 9.32. The van der Waals surface area contributed by atoms with Crippen LogP contribution in [-0.4, -0.2) is 42.1 Å². The summed E-state index contributed by atoms with van der Waals surface area (Å²) >= 11 is 4.47. The third-order valence-electron chi connectivity index (χ3n) is 2.99. The molecule has 0 aliphatic heterocycles. The van der Waals surface area contributed by atoms with Crippen molar-refractivity contribution < 1.29 is 22.5 Å². The first-order valence-electron chi connectivity index (χ1n) is 6.77. The van der Waals surface area contributed by atoms with E-state index in [1.54, 1.807) is 20.8 Å². The van der Waals surface area contributed by atoms with Crippen molar-refractivity contribution in [1.29, 1.82) is 0 Å². The number of nitrogens with two attached hydrogens (primary N) is 1. The third-order valence-corrected chi connectivity index (χ3v) is 6.40. The number of aliphatic hydroxyl groups is 1. The zero-order valence-electron chi connectivity index (χ0n) is 13.0. The van der Waals surface area contributed by atoms with Crippen LogP contribution in [-0.2, 0) is 19.1 Å². The molecule has 0 aromatic heterocycles. The maximum atomic E-state index is 12.1. The second-order valence-corrected chi connectivity index (χ2v) is 9.69. The van der Waals surface area contributed by atoms with E-state index in [0.29, 0.717) is 10.2 Å². The van der Waals surface area contributed by atoms with Gasteiger partial charge in [0, 0.05) is 15.0 Å². The van der Waals surface area contributed by atoms with E-state index >= 15 is 0 Å². The fraction of sp³-hybridized carbons (Fsp3) is 0.500. The Bertz CT molecular complexity index is 644. The Labute approximate surface area is 149 Å². The van der Waals surface area contributed by atoms with Crippen LogP contribution in [0, 0.1) is 0 Å². The molecule has 2 atom stereocenters. The lowest BCUT2D eigenvalue weighted by atomic mass is 10.1. The largest absolute Gasteiger partial charge is 0.393 e. The van der Waals surface area contributed by atoms with Gasteiger partial charge in [0.15, 0.2) is 0 Å². The van der Waals surface area contributed by atoms with Gasteiger partial charge in [-0.15, -0.1) is 0 Å². The second-order valence-electron chi connectivity index (χ2n) is 5.55. The summed E-state index contributed by atoms with van der Waals surface area (Å²) in [7, 11) is -4.22. The predicted molar refractivity (Wildman–Crippen MR) is 93.6 cm³/mol. The summed E-state index contributed by atoms with van der Waals surface area (Å²) in [6, 6.07) is 4.56. The van der Waals surface area contributed by atoms with Gasteiger partial charge in [0.2, 0.25) is 0 Å². The summed E-state index contributed by atoms with van der Waals surface area (Å²) in [6.45, 7) is 5.00. The maximum absolute atomic E-state index is 12.1. The highest BCUT2D eigenvalue weighted by atomic mass is 79.9. The molecule has 1 aromatic rings. The van der Waals surface area contributed by atoms with Crippen molar-refractivity contribution in [3.63, 3.8) is 0 Å². The van der Waals surface area contributed by atoms with Gasteiger partial charge in [-0.25, -0.2) is 4.79 Å². The van der Waals surface area contributed by atoms with E-state index in [-0.39, 0.29) is 4.90 Å². The molecule has 0 spiro atoms. The molecule has 1 unspecified atom stereocenters. The number of rotatable bonds is 7. The number of hydrogen-bond acceptors (Lipinski definition) is 7. The molecule has 0 saturated carbocycles. The van der Waals surface area contributed by atoms with Gasteiger partial charge in [0.1, 0.15) is 10.9 Å². The quantitative estimate of drug-likeness (QED) is 0.642. The SMILES string of the molecule is CC(O)CSC(C)(C)[C@@H](N)C(=O)OS(=O)(=O)c1ccc(Br)cc1. The lowest BCUT2D eigenvalue weighted by Gasteiger charge is -2.29. The van der Waals surface area contributed by atoms with Gasteiger partial charge < -0.3 is 15.0 Å². The molecule has 3 N–H and O–H groups in total. The van der Waals surface area contributed by atoms with E-state index in [1.165, 1.54) is 36.0 Å². The lowest BCUT2D eigenvalue weighted by Crippen LogP contribution is -2.48. The highest BCUT2D eigenvalue weighted by Crippen LogP contribution is 2.29. The topological polar surface area (TPSA) is 107 Å². The number of thioether (sulfide) groups is 1. The van der Waals surface area contributed by atoms with Crippen LogP contribution in [0.1, 0.15) is 20.8 Å². The molecule has 1 rings (SSSR count). The van der Waals surface area contributed by atoms with E-state index in [2.05, 4.69) is 20.1 Å². The van der Waals surface area contributed by atoms with Gasteiger partial charge in [-0.3, -0.25) is 0 Å². The summed E-state index contributed by atoms with van der Waals surface area (Å²) in [4.78, 5) is 11.9. The first kappa shape index (κ1) is 20.4. The monoisotopic (exact) mass is 425 g/mol. The highest BCUT2D eigenvalue weighted by Gasteiger charge is 2.36. The smallest absolute Gasteiger partial charge is 0.341 e. The van der Waals surface area contributed by atoms with Crippen molar-refractivity contribution in [3.05, 3.63) is 28.7 Å². The molecule has 6 nitrogen and oxygen atoms in total. The van der Waals surface area contributed by atoms with Crippen LogP contribution >= 0.6 is 27.7 Å². The summed E-state index contributed by atoms with van der Waals surface area (Å²) in [5.74, 6) is -0.663. The highest BCUT2D eigenvalue weighted by molar-refractivity contribution is 9.10. The van der Waals surface area contributed by atoms with Crippen molar-refractivity contribution in [1.82, 2.24) is 0 Å². The van der Waals surface area contributed by atoms with Crippen LogP contribution in [0.15, 0.2) is 33.6 Å². The van der Waals surface area contributed by atoms with E-state index in [9.17, 15) is 18.3 Å². The molecule has 0 aliphatic rings. The van der Waals surface area contributed by atoms with Crippen molar-refractivity contribution in [2.45, 2.75) is 42.6 Å². The number of halogens is 1. The molecule has 0 bridgehead atoms. The minimum absolute atomic E-state index is 0.129. The third kappa shape index (κ3) is 6.07. The van der Waals surface area contributed by atoms with Gasteiger partial charge in [0.05, 0.1) is 6.10 Å². The Hall–Kier alpha value is -0.610. The average molecular weight is 426 g/mol. The van der Waals surface area contributed by atoms with Crippen molar-refractivity contribution in [3.8, 4) is 0 Å². The van der Waals surface area contributed by atoms with Crippen LogP contribution in [0.5, 0.6) is 0 Å². The van der Waals surface area contributed by atoms with E-state index in [0.717, 1.165) is 0 Å². The molecule has 130 valence electrons. The van der Waals surface area contributed by atoms with Crippen LogP contribution in [0.3, 0.4) is 0 Å². The van der Waals surface area contributed by atoms with Crippen molar-refractivity contribution in [2.75, 3.05) is 5.75 Å². The minimum atomic E-state index is -4.22. The Morgan fingerprint density at radius 3 is 2.39 bits per heavy atom. The van der Waals surface area contributed by atoms with Crippen LogP contribution in [0.2, 0.25) is 0 Å². The summed E-state index contributed by atoms with van der Waals surface area (Å²) in [6.07, 6.45) is -0.561. The molecule has 0 heterocycles. The molecule has 0 fully saturated rings. The van der Waals surface area contributed by atoms with Crippen molar-refractivity contribution >= 4 is 43.8 Å². The second kappa shape index (κ2) is 7.98. The molecule has 9 heteroatoms. The number of hydrogen-bond donors (Lipinski definition) is 2. The standard InChI is InChI=1S/C14H20BrNO5S2/c1-9(17)8-22-14(2,3)12(16)13(18)21-23(19,20)11-6-4-10(15)5-7-11/h4-7,9,12,17H,8,16H2,1-3H3/t9?,12-/m0/s1. The van der Waals surface area contributed by atoms with Crippen LogP contribution in [0.4, 0.5) is 0 Å². The Kier molecular flexibility index (Phi) is 7.09. The molecule has 1 aromatic carbocycles. The first-order chi connectivity index (χ1) is 10.5. The van der Waals surface area contributed by atoms with Crippen LogP contribution in [0.25, 0.3) is 0 Å². The Morgan fingerprint density at radius 2 is 1.91 bits per heavy atom. The fourth-order valence-corrected chi connectivity index (χ4v) is 3.61. The van der Waals surface area contributed by atoms with E-state index < -0.39 is 33.0 Å². The molecule has 0 saturated heterocycles. The van der Waals surface area contributed by atoms with Gasteiger partial charge in [-0.2, -0.15) is 20.2 Å². The summed E-state index contributed by atoms with van der Waals surface area (Å²) < 4.78 is 28.7. The average Bonchev–Trinajstić information content (AvgIpc) is 2.44. The predicted octanol–water partition coefficient (Wildman–Crippen LogP) is 1.90. The van der Waals surface area contributed by atoms with Gasteiger partial charge in [0.25, 0.3) is 0 Å². The normalized spacial score (nSPS) is 15.0. The zero-order chi connectivity index (χ0) is 17.8. The molecular formula is C14H20BrNO5S2. The van der Waals surface area contributed by atoms with E-state index in [1.807, 2.05) is 0 Å². The molecular weight excluding hydrogens is 406 g/mol. The number of carbonyl (C=O) groups excluding carboxylic acids is 1. The summed E-state index contributed by atoms with van der Waals surface area (Å²) in [5.41, 5.74) is 5.84. The molecule has 0 amide bonds. The number of benzene rings is 1. The fourth-order valence-electron chi connectivity index (χ4n) is 1.52. The number of carbonyl (C=O) groups is 1. The van der Waals surface area contributed by atoms with Crippen molar-refractivity contribution in [2.24, 2.45) is 5.73 Å². The molecule has 23 heavy (non-hydrogen) atoms. The Balaban J connectivity index is 2.83. The minimum Gasteiger partial charge on any atom is -0.393 e. The van der Waals surface area contributed by atoms with Crippen LogP contribution < -0.4 is 5.73 Å². The first-order valence-corrected chi connectivity index (χ1v) is 9.96. The molecule has 0 aliphatic carbocycles. The van der Waals surface area contributed by atoms with E-state index in [4.69, 9.17) is 5.73 Å². The number of aliphatic hydroxyl groups excluding tert-OH is 1. The van der Waals surface area contributed by atoms with Gasteiger partial charge >= 0.3 is 16.1 Å². The van der Waals surface area contributed by atoms with Gasteiger partial charge in [-0.05, 0) is 45.0 Å². The molecule has 0 radical (unpaired) electrons.